The number of amides is 1. The van der Waals surface area contributed by atoms with E-state index in [-0.39, 0.29) is 18.1 Å². The van der Waals surface area contributed by atoms with E-state index in [9.17, 15) is 9.90 Å². The molecule has 1 aromatic carbocycles. The number of nitrogens with zero attached hydrogens (tertiary/aromatic N) is 1. The minimum absolute atomic E-state index is 0.119. The molecule has 2 rings (SSSR count). The van der Waals surface area contributed by atoms with Crippen LogP contribution in [0.2, 0.25) is 0 Å². The van der Waals surface area contributed by atoms with Crippen molar-refractivity contribution in [3.8, 4) is 5.75 Å². The molecule has 2 aromatic rings. The molecule has 1 aromatic heterocycles. The molecular weight excluding hydrogens is 240 g/mol. The summed E-state index contributed by atoms with van der Waals surface area (Å²) < 4.78 is 0. The first-order valence-electron chi connectivity index (χ1n) is 6.06. The molecule has 0 aliphatic rings. The van der Waals surface area contributed by atoms with Gasteiger partial charge < -0.3 is 10.4 Å². The van der Waals surface area contributed by atoms with Gasteiger partial charge in [0.05, 0.1) is 12.1 Å². The van der Waals surface area contributed by atoms with E-state index in [1.54, 1.807) is 31.3 Å². The standard InChI is InChI=1S/C15H16N2O2/c1-10-4-3-7-16-13(10)9-15(19)17-12-5-6-14(18)11(2)8-12/h3-8,18H,9H2,1-2H3,(H,17,19). The number of hydrogen-bond donors (Lipinski definition) is 2. The van der Waals surface area contributed by atoms with Crippen molar-refractivity contribution in [3.63, 3.8) is 0 Å². The van der Waals surface area contributed by atoms with Crippen molar-refractivity contribution in [1.82, 2.24) is 4.98 Å². The number of benzene rings is 1. The maximum Gasteiger partial charge on any atom is 0.230 e. The zero-order valence-corrected chi connectivity index (χ0v) is 11.0. The summed E-state index contributed by atoms with van der Waals surface area (Å²) >= 11 is 0. The number of nitrogens with one attached hydrogen (secondary N) is 1. The minimum atomic E-state index is -0.119. The second kappa shape index (κ2) is 5.52. The average molecular weight is 256 g/mol. The van der Waals surface area contributed by atoms with Crippen molar-refractivity contribution in [2.45, 2.75) is 20.3 Å². The number of pyridine rings is 1. The molecule has 0 fully saturated rings. The van der Waals surface area contributed by atoms with Gasteiger partial charge in [-0.25, -0.2) is 0 Å². The fourth-order valence-electron chi connectivity index (χ4n) is 1.79. The number of aryl methyl sites for hydroxylation is 2. The molecule has 0 saturated carbocycles. The maximum atomic E-state index is 11.9. The number of anilines is 1. The molecule has 2 N–H and O–H groups in total. The SMILES string of the molecule is Cc1cc(NC(=O)Cc2ncccc2C)ccc1O. The molecule has 0 bridgehead atoms. The molecule has 0 unspecified atom stereocenters. The predicted octanol–water partition coefficient (Wildman–Crippen LogP) is 2.59. The van der Waals surface area contributed by atoms with Gasteiger partial charge in [-0.2, -0.15) is 0 Å². The van der Waals surface area contributed by atoms with Crippen molar-refractivity contribution < 1.29 is 9.90 Å². The minimum Gasteiger partial charge on any atom is -0.508 e. The first-order valence-corrected chi connectivity index (χ1v) is 6.06. The van der Waals surface area contributed by atoms with Gasteiger partial charge in [0.25, 0.3) is 0 Å². The Kier molecular flexibility index (Phi) is 3.80. The summed E-state index contributed by atoms with van der Waals surface area (Å²) in [5.41, 5.74) is 3.18. The smallest absolute Gasteiger partial charge is 0.230 e. The number of carbonyl (C=O) groups excluding carboxylic acids is 1. The highest BCUT2D eigenvalue weighted by Crippen LogP contribution is 2.20. The van der Waals surface area contributed by atoms with Crippen LogP contribution in [0.15, 0.2) is 36.5 Å². The lowest BCUT2D eigenvalue weighted by atomic mass is 10.1. The van der Waals surface area contributed by atoms with E-state index >= 15 is 0 Å². The summed E-state index contributed by atoms with van der Waals surface area (Å²) in [5.74, 6) is 0.102. The highest BCUT2D eigenvalue weighted by Gasteiger charge is 2.08. The lowest BCUT2D eigenvalue weighted by Gasteiger charge is -2.08. The van der Waals surface area contributed by atoms with Crippen LogP contribution in [0.3, 0.4) is 0 Å². The van der Waals surface area contributed by atoms with Gasteiger partial charge in [-0.15, -0.1) is 0 Å². The lowest BCUT2D eigenvalue weighted by molar-refractivity contribution is -0.115. The van der Waals surface area contributed by atoms with E-state index < -0.39 is 0 Å². The number of phenolic OH excluding ortho intramolecular Hbond substituents is 1. The van der Waals surface area contributed by atoms with Crippen LogP contribution < -0.4 is 5.32 Å². The van der Waals surface area contributed by atoms with Crippen LogP contribution in [0.4, 0.5) is 5.69 Å². The fraction of sp³-hybridized carbons (Fsp3) is 0.200. The third-order valence-electron chi connectivity index (χ3n) is 2.93. The Hall–Kier alpha value is -2.36. The number of aromatic nitrogens is 1. The quantitative estimate of drug-likeness (QED) is 0.830. The normalized spacial score (nSPS) is 10.2. The molecule has 0 spiro atoms. The summed E-state index contributed by atoms with van der Waals surface area (Å²) in [5, 5.41) is 12.2. The van der Waals surface area contributed by atoms with E-state index in [1.807, 2.05) is 19.1 Å². The predicted molar refractivity (Wildman–Crippen MR) is 74.2 cm³/mol. The first-order chi connectivity index (χ1) is 9.06. The molecule has 0 radical (unpaired) electrons. The molecule has 1 amide bonds. The van der Waals surface area contributed by atoms with Crippen LogP contribution in [0.1, 0.15) is 16.8 Å². The van der Waals surface area contributed by atoms with Gasteiger partial charge >= 0.3 is 0 Å². The number of hydrogen-bond acceptors (Lipinski definition) is 3. The molecule has 4 nitrogen and oxygen atoms in total. The van der Waals surface area contributed by atoms with Gasteiger partial charge in [0.1, 0.15) is 5.75 Å². The van der Waals surface area contributed by atoms with Gasteiger partial charge in [0, 0.05) is 11.9 Å². The molecule has 19 heavy (non-hydrogen) atoms. The molecular formula is C15H16N2O2. The van der Waals surface area contributed by atoms with Crippen LogP contribution in [-0.2, 0) is 11.2 Å². The lowest BCUT2D eigenvalue weighted by Crippen LogP contribution is -2.15. The second-order valence-electron chi connectivity index (χ2n) is 4.49. The van der Waals surface area contributed by atoms with Crippen LogP contribution in [0.25, 0.3) is 0 Å². The van der Waals surface area contributed by atoms with Crippen molar-refractivity contribution in [3.05, 3.63) is 53.3 Å². The molecule has 1 heterocycles. The summed E-state index contributed by atoms with van der Waals surface area (Å²) in [6.07, 6.45) is 1.92. The van der Waals surface area contributed by atoms with Crippen molar-refractivity contribution >= 4 is 11.6 Å². The molecule has 0 aliphatic carbocycles. The molecule has 0 aliphatic heterocycles. The fourth-order valence-corrected chi connectivity index (χ4v) is 1.79. The van der Waals surface area contributed by atoms with E-state index in [1.165, 1.54) is 0 Å². The highest BCUT2D eigenvalue weighted by molar-refractivity contribution is 5.92. The summed E-state index contributed by atoms with van der Waals surface area (Å²) in [6.45, 7) is 3.72. The third kappa shape index (κ3) is 3.31. The molecule has 98 valence electrons. The maximum absolute atomic E-state index is 11.9. The zero-order valence-electron chi connectivity index (χ0n) is 11.0. The van der Waals surface area contributed by atoms with Gasteiger partial charge in [0.15, 0.2) is 0 Å². The Bertz CT molecular complexity index is 609. The van der Waals surface area contributed by atoms with E-state index in [4.69, 9.17) is 0 Å². The van der Waals surface area contributed by atoms with Crippen LogP contribution in [-0.4, -0.2) is 16.0 Å². The second-order valence-corrected chi connectivity index (χ2v) is 4.49. The highest BCUT2D eigenvalue weighted by atomic mass is 16.3. The van der Waals surface area contributed by atoms with Gasteiger partial charge in [-0.3, -0.25) is 9.78 Å². The Morgan fingerprint density at radius 1 is 1.26 bits per heavy atom. The summed E-state index contributed by atoms with van der Waals surface area (Å²) in [6, 6.07) is 8.75. The summed E-state index contributed by atoms with van der Waals surface area (Å²) in [7, 11) is 0. The van der Waals surface area contributed by atoms with Crippen LogP contribution in [0.5, 0.6) is 5.75 Å². The Labute approximate surface area is 112 Å². The van der Waals surface area contributed by atoms with Gasteiger partial charge in [-0.05, 0) is 49.2 Å². The largest absolute Gasteiger partial charge is 0.508 e. The topological polar surface area (TPSA) is 62.2 Å². The molecule has 4 heteroatoms. The van der Waals surface area contributed by atoms with E-state index in [0.29, 0.717) is 5.69 Å². The van der Waals surface area contributed by atoms with Crippen molar-refractivity contribution in [2.24, 2.45) is 0 Å². The number of aromatic hydroxyl groups is 1. The average Bonchev–Trinajstić information content (AvgIpc) is 2.37. The molecule has 0 saturated heterocycles. The van der Waals surface area contributed by atoms with Gasteiger partial charge in [-0.1, -0.05) is 6.07 Å². The number of rotatable bonds is 3. The first kappa shape index (κ1) is 13.1. The zero-order chi connectivity index (χ0) is 13.8. The Morgan fingerprint density at radius 3 is 2.74 bits per heavy atom. The monoisotopic (exact) mass is 256 g/mol. The van der Waals surface area contributed by atoms with Gasteiger partial charge in [0.2, 0.25) is 5.91 Å². The molecule has 0 atom stereocenters. The van der Waals surface area contributed by atoms with E-state index in [0.717, 1.165) is 16.8 Å². The third-order valence-corrected chi connectivity index (χ3v) is 2.93. The Morgan fingerprint density at radius 2 is 2.05 bits per heavy atom. The summed E-state index contributed by atoms with van der Waals surface area (Å²) in [4.78, 5) is 16.1. The van der Waals surface area contributed by atoms with Crippen molar-refractivity contribution in [1.29, 1.82) is 0 Å². The van der Waals surface area contributed by atoms with Crippen LogP contribution >= 0.6 is 0 Å². The number of carbonyl (C=O) groups is 1. The number of phenols is 1. The Balaban J connectivity index is 2.05. The van der Waals surface area contributed by atoms with Crippen LogP contribution in [0, 0.1) is 13.8 Å². The van der Waals surface area contributed by atoms with E-state index in [2.05, 4.69) is 10.3 Å². The van der Waals surface area contributed by atoms with Crippen molar-refractivity contribution in [2.75, 3.05) is 5.32 Å².